The fourth-order valence-electron chi connectivity index (χ4n) is 1.53. The van der Waals surface area contributed by atoms with Gasteiger partial charge in [0.05, 0.1) is 5.69 Å². The first-order valence-electron chi connectivity index (χ1n) is 6.54. The van der Waals surface area contributed by atoms with Gasteiger partial charge in [0.25, 0.3) is 0 Å². The van der Waals surface area contributed by atoms with E-state index >= 15 is 0 Å². The smallest absolute Gasteiger partial charge is 0.242 e. The molecule has 0 unspecified atom stereocenters. The van der Waals surface area contributed by atoms with Gasteiger partial charge in [-0.15, -0.1) is 0 Å². The normalized spacial score (nSPS) is 11.6. The van der Waals surface area contributed by atoms with E-state index in [1.54, 1.807) is 0 Å². The summed E-state index contributed by atoms with van der Waals surface area (Å²) in [4.78, 5) is 11.1. The number of nitrogen functional groups attached to an aromatic ring is 1. The van der Waals surface area contributed by atoms with Crippen LogP contribution in [0, 0.1) is 11.7 Å². The van der Waals surface area contributed by atoms with Crippen LogP contribution < -0.4 is 15.8 Å². The third kappa shape index (κ3) is 5.31. The topological polar surface area (TPSA) is 101 Å². The highest BCUT2D eigenvalue weighted by Gasteiger charge is 2.19. The lowest BCUT2D eigenvalue weighted by Gasteiger charge is -2.10. The molecule has 0 saturated carbocycles. The first-order chi connectivity index (χ1) is 9.74. The largest absolute Gasteiger partial charge is 0.395 e. The zero-order chi connectivity index (χ0) is 16.0. The molecular formula is C13H20FN3O3S. The lowest BCUT2D eigenvalue weighted by Crippen LogP contribution is -2.32. The lowest BCUT2D eigenvalue weighted by molar-refractivity contribution is -0.121. The maximum absolute atomic E-state index is 13.3. The number of hydrogen-bond acceptors (Lipinski definition) is 4. The second kappa shape index (κ2) is 7.37. The zero-order valence-corrected chi connectivity index (χ0v) is 12.8. The lowest BCUT2D eigenvalue weighted by atomic mass is 10.2. The van der Waals surface area contributed by atoms with E-state index in [0.29, 0.717) is 12.5 Å². The van der Waals surface area contributed by atoms with Crippen molar-refractivity contribution in [2.75, 3.05) is 18.8 Å². The maximum Gasteiger partial charge on any atom is 0.242 e. The average Bonchev–Trinajstić information content (AvgIpc) is 2.39. The van der Waals surface area contributed by atoms with Crippen LogP contribution >= 0.6 is 0 Å². The third-order valence-electron chi connectivity index (χ3n) is 2.65. The minimum Gasteiger partial charge on any atom is -0.395 e. The Morgan fingerprint density at radius 2 is 2.05 bits per heavy atom. The van der Waals surface area contributed by atoms with Gasteiger partial charge < -0.3 is 11.1 Å². The number of amides is 1. The van der Waals surface area contributed by atoms with E-state index in [1.807, 2.05) is 13.8 Å². The van der Waals surface area contributed by atoms with E-state index in [4.69, 9.17) is 5.73 Å². The van der Waals surface area contributed by atoms with Crippen molar-refractivity contribution >= 4 is 21.6 Å². The highest BCUT2D eigenvalue weighted by molar-refractivity contribution is 7.89. The van der Waals surface area contributed by atoms with Gasteiger partial charge in [-0.05, 0) is 18.1 Å². The first kappa shape index (κ1) is 17.4. The van der Waals surface area contributed by atoms with Gasteiger partial charge in [-0.3, -0.25) is 4.79 Å². The van der Waals surface area contributed by atoms with Gasteiger partial charge in [0.15, 0.2) is 0 Å². The zero-order valence-electron chi connectivity index (χ0n) is 12.0. The number of benzene rings is 1. The number of sulfonamides is 1. The highest BCUT2D eigenvalue weighted by atomic mass is 32.2. The van der Waals surface area contributed by atoms with Gasteiger partial charge in [0, 0.05) is 19.5 Å². The summed E-state index contributed by atoms with van der Waals surface area (Å²) in [5.41, 5.74) is 4.97. The fourth-order valence-corrected chi connectivity index (χ4v) is 2.71. The standard InChI is InChI=1S/C13H20FN3O3S/c1-9(2)8-16-12(18)6-7-17-21(19,20)11-5-3-4-10(14)13(11)15/h3-5,9,17H,6-8,15H2,1-2H3,(H,16,18). The van der Waals surface area contributed by atoms with Crippen LogP contribution in [0.1, 0.15) is 20.3 Å². The number of carbonyl (C=O) groups excluding carboxylic acids is 1. The number of nitrogens with two attached hydrogens (primary N) is 1. The Balaban J connectivity index is 2.58. The molecule has 0 saturated heterocycles. The van der Waals surface area contributed by atoms with Crippen molar-refractivity contribution in [1.29, 1.82) is 0 Å². The second-order valence-corrected chi connectivity index (χ2v) is 6.73. The van der Waals surface area contributed by atoms with Crippen LogP contribution in [0.15, 0.2) is 23.1 Å². The van der Waals surface area contributed by atoms with Crippen LogP contribution in [0.5, 0.6) is 0 Å². The van der Waals surface area contributed by atoms with Crippen molar-refractivity contribution < 1.29 is 17.6 Å². The number of halogens is 1. The van der Waals surface area contributed by atoms with E-state index in [9.17, 15) is 17.6 Å². The van der Waals surface area contributed by atoms with E-state index in [-0.39, 0.29) is 23.8 Å². The molecule has 8 heteroatoms. The molecule has 0 bridgehead atoms. The number of nitrogens with one attached hydrogen (secondary N) is 2. The van der Waals surface area contributed by atoms with Crippen LogP contribution in [0.4, 0.5) is 10.1 Å². The molecule has 0 spiro atoms. The molecule has 118 valence electrons. The molecule has 6 nitrogen and oxygen atoms in total. The third-order valence-corrected chi connectivity index (χ3v) is 4.17. The van der Waals surface area contributed by atoms with Crippen LogP contribution in [0.3, 0.4) is 0 Å². The molecule has 0 aliphatic carbocycles. The van der Waals surface area contributed by atoms with Crippen molar-refractivity contribution in [2.45, 2.75) is 25.2 Å². The summed E-state index contributed by atoms with van der Waals surface area (Å²) in [7, 11) is -3.94. The SMILES string of the molecule is CC(C)CNC(=O)CCNS(=O)(=O)c1cccc(F)c1N. The van der Waals surface area contributed by atoms with Crippen molar-refractivity contribution in [3.05, 3.63) is 24.0 Å². The molecule has 0 radical (unpaired) electrons. The Labute approximate surface area is 124 Å². The quantitative estimate of drug-likeness (QED) is 0.649. The molecule has 0 aromatic heterocycles. The maximum atomic E-state index is 13.3. The molecule has 0 heterocycles. The summed E-state index contributed by atoms with van der Waals surface area (Å²) in [6.07, 6.45) is 0.00116. The Morgan fingerprint density at radius 1 is 1.38 bits per heavy atom. The molecular weight excluding hydrogens is 297 g/mol. The van der Waals surface area contributed by atoms with Crippen LogP contribution in [-0.2, 0) is 14.8 Å². The van der Waals surface area contributed by atoms with Gasteiger partial charge in [-0.1, -0.05) is 19.9 Å². The minimum absolute atomic E-state index is 0.00116. The molecule has 1 aromatic carbocycles. The van der Waals surface area contributed by atoms with E-state index in [2.05, 4.69) is 10.0 Å². The molecule has 0 aliphatic heterocycles. The number of hydrogen-bond donors (Lipinski definition) is 3. The highest BCUT2D eigenvalue weighted by Crippen LogP contribution is 2.20. The van der Waals surface area contributed by atoms with Gasteiger partial charge in [0.2, 0.25) is 15.9 Å². The van der Waals surface area contributed by atoms with Crippen LogP contribution in [0.2, 0.25) is 0 Å². The summed E-state index contributed by atoms with van der Waals surface area (Å²) in [5, 5.41) is 2.67. The predicted octanol–water partition coefficient (Wildman–Crippen LogP) is 0.849. The minimum atomic E-state index is -3.94. The summed E-state index contributed by atoms with van der Waals surface area (Å²) in [5.74, 6) is -0.733. The number of rotatable bonds is 7. The number of para-hydroxylation sites is 1. The molecule has 1 amide bonds. The van der Waals surface area contributed by atoms with Crippen LogP contribution in [0.25, 0.3) is 0 Å². The second-order valence-electron chi connectivity index (χ2n) is 5.00. The van der Waals surface area contributed by atoms with E-state index in [0.717, 1.165) is 6.07 Å². The van der Waals surface area contributed by atoms with Gasteiger partial charge in [-0.2, -0.15) is 0 Å². The molecule has 4 N–H and O–H groups in total. The number of anilines is 1. The Kier molecular flexibility index (Phi) is 6.10. The Bertz CT molecular complexity index is 603. The number of carbonyl (C=O) groups is 1. The van der Waals surface area contributed by atoms with Gasteiger partial charge in [-0.25, -0.2) is 17.5 Å². The van der Waals surface area contributed by atoms with Gasteiger partial charge in [0.1, 0.15) is 10.7 Å². The van der Waals surface area contributed by atoms with Gasteiger partial charge >= 0.3 is 0 Å². The Hall–Kier alpha value is -1.67. The van der Waals surface area contributed by atoms with Crippen molar-refractivity contribution in [3.8, 4) is 0 Å². The summed E-state index contributed by atoms with van der Waals surface area (Å²) in [6, 6.07) is 3.54. The van der Waals surface area contributed by atoms with Crippen molar-refractivity contribution in [3.63, 3.8) is 0 Å². The first-order valence-corrected chi connectivity index (χ1v) is 8.02. The monoisotopic (exact) mass is 317 g/mol. The van der Waals surface area contributed by atoms with Crippen LogP contribution in [-0.4, -0.2) is 27.4 Å². The molecule has 0 atom stereocenters. The molecule has 1 aromatic rings. The van der Waals surface area contributed by atoms with E-state index in [1.165, 1.54) is 12.1 Å². The van der Waals surface area contributed by atoms with Crippen molar-refractivity contribution in [2.24, 2.45) is 5.92 Å². The molecule has 0 fully saturated rings. The van der Waals surface area contributed by atoms with Crippen molar-refractivity contribution in [1.82, 2.24) is 10.0 Å². The predicted molar refractivity (Wildman–Crippen MR) is 78.5 cm³/mol. The molecule has 21 heavy (non-hydrogen) atoms. The summed E-state index contributed by atoms with van der Waals surface area (Å²) >= 11 is 0. The summed E-state index contributed by atoms with van der Waals surface area (Å²) < 4.78 is 39.4. The van der Waals surface area contributed by atoms with E-state index < -0.39 is 21.5 Å². The Morgan fingerprint density at radius 3 is 2.67 bits per heavy atom. The summed E-state index contributed by atoms with van der Waals surface area (Å²) in [6.45, 7) is 4.36. The molecule has 1 rings (SSSR count). The molecule has 0 aliphatic rings. The average molecular weight is 317 g/mol. The fraction of sp³-hybridized carbons (Fsp3) is 0.462.